The number of ether oxygens (including phenoxy) is 1. The van der Waals surface area contributed by atoms with Gasteiger partial charge in [0, 0.05) is 12.1 Å². The Morgan fingerprint density at radius 2 is 2.10 bits per heavy atom. The molecule has 0 aromatic heterocycles. The van der Waals surface area contributed by atoms with Crippen LogP contribution in [0.3, 0.4) is 0 Å². The summed E-state index contributed by atoms with van der Waals surface area (Å²) < 4.78 is 5.26. The van der Waals surface area contributed by atoms with Gasteiger partial charge < -0.3 is 21.1 Å². The predicted molar refractivity (Wildman–Crippen MR) is 81.3 cm³/mol. The number of amides is 2. The van der Waals surface area contributed by atoms with Crippen molar-refractivity contribution in [2.75, 3.05) is 23.8 Å². The highest BCUT2D eigenvalue weighted by molar-refractivity contribution is 5.97. The van der Waals surface area contributed by atoms with E-state index >= 15 is 0 Å². The summed E-state index contributed by atoms with van der Waals surface area (Å²) in [6.07, 6.45) is 4.43. The molecule has 0 bridgehead atoms. The second-order valence-corrected chi connectivity index (χ2v) is 5.05. The van der Waals surface area contributed by atoms with Crippen LogP contribution in [0.25, 0.3) is 0 Å². The maximum Gasteiger partial charge on any atom is 0.262 e. The van der Waals surface area contributed by atoms with Gasteiger partial charge >= 0.3 is 0 Å². The third kappa shape index (κ3) is 4.75. The standard InChI is InChI=1S/C15H21N3O3/c16-8-4-2-1-3-5-14(19)17-11-6-7-13-12(9-11)18-15(20)10-21-13/h6-7,9H,1-5,8,10,16H2,(H,17,19)(H,18,20). The van der Waals surface area contributed by atoms with Crippen molar-refractivity contribution in [3.63, 3.8) is 0 Å². The molecule has 6 heteroatoms. The normalized spacial score (nSPS) is 13.1. The Kier molecular flexibility index (Phi) is 5.57. The van der Waals surface area contributed by atoms with Crippen molar-refractivity contribution >= 4 is 23.2 Å². The van der Waals surface area contributed by atoms with E-state index in [0.29, 0.717) is 30.1 Å². The average Bonchev–Trinajstić information content (AvgIpc) is 2.46. The Hall–Kier alpha value is -2.08. The van der Waals surface area contributed by atoms with Crippen LogP contribution in [-0.4, -0.2) is 25.0 Å². The smallest absolute Gasteiger partial charge is 0.262 e. The van der Waals surface area contributed by atoms with Gasteiger partial charge in [-0.1, -0.05) is 12.8 Å². The fraction of sp³-hybridized carbons (Fsp3) is 0.467. The summed E-state index contributed by atoms with van der Waals surface area (Å²) in [7, 11) is 0. The number of benzene rings is 1. The first kappa shape index (κ1) is 15.3. The minimum atomic E-state index is -0.189. The molecule has 0 aliphatic carbocycles. The number of carbonyl (C=O) groups is 2. The van der Waals surface area contributed by atoms with E-state index in [1.54, 1.807) is 18.2 Å². The van der Waals surface area contributed by atoms with Gasteiger partial charge in [-0.15, -0.1) is 0 Å². The van der Waals surface area contributed by atoms with Crippen molar-refractivity contribution in [3.8, 4) is 5.75 Å². The number of nitrogens with one attached hydrogen (secondary N) is 2. The second-order valence-electron chi connectivity index (χ2n) is 5.05. The summed E-state index contributed by atoms with van der Waals surface area (Å²) in [5.74, 6) is 0.408. The number of hydrogen-bond donors (Lipinski definition) is 3. The highest BCUT2D eigenvalue weighted by atomic mass is 16.5. The topological polar surface area (TPSA) is 93.5 Å². The van der Waals surface area contributed by atoms with Crippen LogP contribution in [0.1, 0.15) is 32.1 Å². The third-order valence-corrected chi connectivity index (χ3v) is 3.25. The van der Waals surface area contributed by atoms with E-state index < -0.39 is 0 Å². The molecule has 6 nitrogen and oxygen atoms in total. The van der Waals surface area contributed by atoms with Gasteiger partial charge in [0.25, 0.3) is 5.91 Å². The Bertz CT molecular complexity index is 517. The summed E-state index contributed by atoms with van der Waals surface area (Å²) >= 11 is 0. The Balaban J connectivity index is 1.81. The summed E-state index contributed by atoms with van der Waals surface area (Å²) in [5, 5.41) is 5.54. The molecule has 1 heterocycles. The molecule has 0 radical (unpaired) electrons. The van der Waals surface area contributed by atoms with Crippen LogP contribution in [0.5, 0.6) is 5.75 Å². The van der Waals surface area contributed by atoms with E-state index in [9.17, 15) is 9.59 Å². The Morgan fingerprint density at radius 1 is 1.29 bits per heavy atom. The van der Waals surface area contributed by atoms with Crippen LogP contribution in [0, 0.1) is 0 Å². The van der Waals surface area contributed by atoms with Crippen molar-refractivity contribution in [3.05, 3.63) is 18.2 Å². The number of unbranched alkanes of at least 4 members (excludes halogenated alkanes) is 3. The van der Waals surface area contributed by atoms with Crippen molar-refractivity contribution < 1.29 is 14.3 Å². The number of carbonyl (C=O) groups excluding carboxylic acids is 2. The van der Waals surface area contributed by atoms with E-state index in [2.05, 4.69) is 10.6 Å². The first-order valence-corrected chi connectivity index (χ1v) is 7.25. The molecule has 1 aliphatic heterocycles. The lowest BCUT2D eigenvalue weighted by molar-refractivity contribution is -0.118. The summed E-state index contributed by atoms with van der Waals surface area (Å²) in [6, 6.07) is 5.22. The number of fused-ring (bicyclic) bond motifs is 1. The molecular formula is C15H21N3O3. The van der Waals surface area contributed by atoms with Gasteiger partial charge in [-0.2, -0.15) is 0 Å². The molecule has 114 valence electrons. The van der Waals surface area contributed by atoms with Gasteiger partial charge in [-0.25, -0.2) is 0 Å². The summed E-state index contributed by atoms with van der Waals surface area (Å²) in [5.41, 5.74) is 6.67. The Labute approximate surface area is 124 Å². The number of anilines is 2. The van der Waals surface area contributed by atoms with Crippen LogP contribution in [0.2, 0.25) is 0 Å². The van der Waals surface area contributed by atoms with E-state index in [0.717, 1.165) is 25.7 Å². The molecule has 1 aliphatic rings. The lowest BCUT2D eigenvalue weighted by atomic mass is 10.1. The summed E-state index contributed by atoms with van der Waals surface area (Å²) in [4.78, 5) is 23.1. The van der Waals surface area contributed by atoms with E-state index in [4.69, 9.17) is 10.5 Å². The van der Waals surface area contributed by atoms with Gasteiger partial charge in [0.2, 0.25) is 5.91 Å². The van der Waals surface area contributed by atoms with E-state index in [-0.39, 0.29) is 18.4 Å². The zero-order valence-corrected chi connectivity index (χ0v) is 12.0. The van der Waals surface area contributed by atoms with Crippen LogP contribution in [0.15, 0.2) is 18.2 Å². The highest BCUT2D eigenvalue weighted by Gasteiger charge is 2.16. The average molecular weight is 291 g/mol. The molecule has 0 atom stereocenters. The molecule has 2 amide bonds. The van der Waals surface area contributed by atoms with Gasteiger partial charge in [-0.3, -0.25) is 9.59 Å². The molecule has 4 N–H and O–H groups in total. The second kappa shape index (κ2) is 7.64. The maximum absolute atomic E-state index is 11.8. The predicted octanol–water partition coefficient (Wildman–Crippen LogP) is 1.87. The van der Waals surface area contributed by atoms with Crippen LogP contribution in [0.4, 0.5) is 11.4 Å². The molecule has 2 rings (SSSR count). The molecular weight excluding hydrogens is 270 g/mol. The zero-order chi connectivity index (χ0) is 15.1. The van der Waals surface area contributed by atoms with Gasteiger partial charge in [-0.05, 0) is 37.6 Å². The quantitative estimate of drug-likeness (QED) is 0.668. The minimum Gasteiger partial charge on any atom is -0.482 e. The maximum atomic E-state index is 11.8. The summed E-state index contributed by atoms with van der Waals surface area (Å²) in [6.45, 7) is 0.733. The third-order valence-electron chi connectivity index (χ3n) is 3.25. The van der Waals surface area contributed by atoms with Crippen LogP contribution in [-0.2, 0) is 9.59 Å². The van der Waals surface area contributed by atoms with Gasteiger partial charge in [0.1, 0.15) is 5.75 Å². The molecule has 0 fully saturated rings. The number of nitrogens with two attached hydrogens (primary N) is 1. The minimum absolute atomic E-state index is 0.0225. The van der Waals surface area contributed by atoms with E-state index in [1.807, 2.05) is 0 Å². The van der Waals surface area contributed by atoms with Crippen LogP contribution < -0.4 is 21.1 Å². The van der Waals surface area contributed by atoms with Gasteiger partial charge in [0.15, 0.2) is 6.61 Å². The van der Waals surface area contributed by atoms with Crippen molar-refractivity contribution in [2.45, 2.75) is 32.1 Å². The molecule has 0 saturated carbocycles. The lowest BCUT2D eigenvalue weighted by Gasteiger charge is -2.18. The fourth-order valence-electron chi connectivity index (χ4n) is 2.17. The molecule has 1 aromatic carbocycles. The fourth-order valence-corrected chi connectivity index (χ4v) is 2.17. The molecule has 0 spiro atoms. The van der Waals surface area contributed by atoms with Crippen LogP contribution >= 0.6 is 0 Å². The van der Waals surface area contributed by atoms with Gasteiger partial charge in [0.05, 0.1) is 5.69 Å². The zero-order valence-electron chi connectivity index (χ0n) is 12.0. The Morgan fingerprint density at radius 3 is 2.90 bits per heavy atom. The molecule has 0 saturated heterocycles. The molecule has 0 unspecified atom stereocenters. The SMILES string of the molecule is NCCCCCCC(=O)Nc1ccc2c(c1)NC(=O)CO2. The number of rotatable bonds is 7. The first-order chi connectivity index (χ1) is 10.2. The lowest BCUT2D eigenvalue weighted by Crippen LogP contribution is -2.25. The highest BCUT2D eigenvalue weighted by Crippen LogP contribution is 2.30. The largest absolute Gasteiger partial charge is 0.482 e. The van der Waals surface area contributed by atoms with Crippen molar-refractivity contribution in [2.24, 2.45) is 5.73 Å². The van der Waals surface area contributed by atoms with Crippen molar-refractivity contribution in [1.82, 2.24) is 0 Å². The monoisotopic (exact) mass is 291 g/mol. The van der Waals surface area contributed by atoms with E-state index in [1.165, 1.54) is 0 Å². The molecule has 1 aromatic rings. The number of hydrogen-bond acceptors (Lipinski definition) is 4. The molecule has 21 heavy (non-hydrogen) atoms. The van der Waals surface area contributed by atoms with Crippen molar-refractivity contribution in [1.29, 1.82) is 0 Å². The first-order valence-electron chi connectivity index (χ1n) is 7.25.